The van der Waals surface area contributed by atoms with Gasteiger partial charge in [0.05, 0.1) is 7.11 Å². The largest absolute Gasteiger partial charge is 0.497 e. The van der Waals surface area contributed by atoms with E-state index in [1.807, 2.05) is 0 Å². The molecule has 0 spiro atoms. The second kappa shape index (κ2) is 11.4. The van der Waals surface area contributed by atoms with Crippen molar-refractivity contribution in [2.75, 3.05) is 14.2 Å². The standard InChI is InChI=1S/C12H23N.C8H11O3PS/c1-3-7-11(8-4-1)13-12-9-5-2-6-10-12;1-10-7-3-5-8(6-4-7)12(9,13)11-2/h11-13H,1-10H2;3-6H,1-2H3,(H,9,13). The number of hydrogen-bond acceptors (Lipinski definition) is 4. The maximum Gasteiger partial charge on any atom is 0.216 e. The second-order valence-electron chi connectivity index (χ2n) is 7.24. The Bertz CT molecular complexity index is 539. The van der Waals surface area contributed by atoms with Crippen molar-refractivity contribution in [1.29, 1.82) is 0 Å². The van der Waals surface area contributed by atoms with Gasteiger partial charge >= 0.3 is 0 Å². The smallest absolute Gasteiger partial charge is 0.216 e. The van der Waals surface area contributed by atoms with E-state index in [2.05, 4.69) is 5.32 Å². The van der Waals surface area contributed by atoms with Crippen LogP contribution in [0.3, 0.4) is 0 Å². The minimum Gasteiger partial charge on any atom is -0.497 e. The van der Waals surface area contributed by atoms with Gasteiger partial charge in [0, 0.05) is 24.5 Å². The zero-order chi connectivity index (χ0) is 18.8. The summed E-state index contributed by atoms with van der Waals surface area (Å²) in [6, 6.07) is 8.65. The third kappa shape index (κ3) is 7.28. The molecule has 2 fully saturated rings. The average Bonchev–Trinajstić information content (AvgIpc) is 2.70. The lowest BCUT2D eigenvalue weighted by molar-refractivity contribution is 0.291. The lowest BCUT2D eigenvalue weighted by atomic mass is 9.91. The zero-order valence-corrected chi connectivity index (χ0v) is 17.9. The minimum atomic E-state index is -2.78. The van der Waals surface area contributed by atoms with Gasteiger partial charge in [-0.15, -0.1) is 0 Å². The molecule has 2 aliphatic rings. The van der Waals surface area contributed by atoms with E-state index in [0.717, 1.165) is 17.8 Å². The Morgan fingerprint density at radius 1 is 0.885 bits per heavy atom. The van der Waals surface area contributed by atoms with Crippen LogP contribution >= 0.6 is 6.49 Å². The number of methoxy groups -OCH3 is 1. The molecule has 1 unspecified atom stereocenters. The lowest BCUT2D eigenvalue weighted by Crippen LogP contribution is -2.40. The van der Waals surface area contributed by atoms with E-state index in [9.17, 15) is 4.89 Å². The molecule has 0 amide bonds. The second-order valence-corrected chi connectivity index (χ2v) is 10.6. The first-order valence-corrected chi connectivity index (χ1v) is 12.5. The Labute approximate surface area is 163 Å². The molecule has 1 atom stereocenters. The van der Waals surface area contributed by atoms with Crippen LogP contribution in [0.2, 0.25) is 0 Å². The fraction of sp³-hybridized carbons (Fsp3) is 0.700. The third-order valence-corrected chi connectivity index (χ3v) is 7.85. The Balaban J connectivity index is 0.000000187. The summed E-state index contributed by atoms with van der Waals surface area (Å²) in [4.78, 5) is 9.62. The van der Waals surface area contributed by atoms with Crippen LogP contribution in [0.5, 0.6) is 5.75 Å². The van der Waals surface area contributed by atoms with Gasteiger partial charge in [0.2, 0.25) is 6.49 Å². The predicted molar refractivity (Wildman–Crippen MR) is 113 cm³/mol. The zero-order valence-electron chi connectivity index (χ0n) is 16.2. The molecule has 0 aliphatic heterocycles. The monoisotopic (exact) mass is 399 g/mol. The van der Waals surface area contributed by atoms with Crippen molar-refractivity contribution in [2.24, 2.45) is 0 Å². The van der Waals surface area contributed by atoms with Crippen LogP contribution in [-0.2, 0) is 16.3 Å². The van der Waals surface area contributed by atoms with Crippen molar-refractivity contribution in [3.8, 4) is 5.75 Å². The van der Waals surface area contributed by atoms with Gasteiger partial charge in [0.15, 0.2) is 0 Å². The van der Waals surface area contributed by atoms with Crippen molar-refractivity contribution in [3.05, 3.63) is 24.3 Å². The summed E-state index contributed by atoms with van der Waals surface area (Å²) in [6.07, 6.45) is 14.6. The number of nitrogens with one attached hydrogen (secondary N) is 1. The summed E-state index contributed by atoms with van der Waals surface area (Å²) in [6.45, 7) is -2.78. The Hall–Kier alpha value is -0.450. The summed E-state index contributed by atoms with van der Waals surface area (Å²) >= 11 is 4.89. The first kappa shape index (κ1) is 21.8. The van der Waals surface area contributed by atoms with Crippen LogP contribution in [0.25, 0.3) is 0 Å². The molecule has 1 aromatic carbocycles. The Morgan fingerprint density at radius 2 is 1.35 bits per heavy atom. The lowest BCUT2D eigenvalue weighted by Gasteiger charge is -2.30. The quantitative estimate of drug-likeness (QED) is 0.714. The summed E-state index contributed by atoms with van der Waals surface area (Å²) < 4.78 is 9.81. The van der Waals surface area contributed by atoms with Crippen LogP contribution in [-0.4, -0.2) is 31.2 Å². The van der Waals surface area contributed by atoms with Crippen LogP contribution in [0.4, 0.5) is 0 Å². The maximum absolute atomic E-state index is 9.62. The normalized spacial score (nSPS) is 21.3. The molecule has 1 aromatic rings. The molecular formula is C20H34NO3PS. The number of hydrogen-bond donors (Lipinski definition) is 2. The summed E-state index contributed by atoms with van der Waals surface area (Å²) in [5.41, 5.74) is 0. The summed E-state index contributed by atoms with van der Waals surface area (Å²) in [7, 11) is 2.99. The van der Waals surface area contributed by atoms with E-state index < -0.39 is 6.49 Å². The highest BCUT2D eigenvalue weighted by Crippen LogP contribution is 2.39. The van der Waals surface area contributed by atoms with Gasteiger partial charge < -0.3 is 19.5 Å². The van der Waals surface area contributed by atoms with Gasteiger partial charge in [-0.25, -0.2) is 0 Å². The molecule has 2 aliphatic carbocycles. The molecular weight excluding hydrogens is 365 g/mol. The van der Waals surface area contributed by atoms with Gasteiger partial charge in [0.25, 0.3) is 0 Å². The summed E-state index contributed by atoms with van der Waals surface area (Å²) in [5, 5.41) is 4.49. The molecule has 6 heteroatoms. The first-order chi connectivity index (χ1) is 12.5. The molecule has 4 nitrogen and oxygen atoms in total. The molecule has 0 heterocycles. The average molecular weight is 400 g/mol. The van der Waals surface area contributed by atoms with Crippen LogP contribution in [0.1, 0.15) is 64.2 Å². The van der Waals surface area contributed by atoms with Crippen molar-refractivity contribution < 1.29 is 14.2 Å². The molecule has 2 N–H and O–H groups in total. The van der Waals surface area contributed by atoms with Crippen LogP contribution < -0.4 is 15.4 Å². The van der Waals surface area contributed by atoms with Crippen molar-refractivity contribution in [3.63, 3.8) is 0 Å². The topological polar surface area (TPSA) is 50.7 Å². The SMILES string of the molecule is C1CCC(NC2CCCCC2)CC1.COc1ccc(P(O)(=S)OC)cc1. The highest BCUT2D eigenvalue weighted by molar-refractivity contribution is 8.13. The van der Waals surface area contributed by atoms with E-state index >= 15 is 0 Å². The van der Waals surface area contributed by atoms with E-state index in [-0.39, 0.29) is 0 Å². The van der Waals surface area contributed by atoms with E-state index in [0.29, 0.717) is 5.30 Å². The molecule has 3 rings (SSSR count). The number of ether oxygens (including phenoxy) is 1. The first-order valence-electron chi connectivity index (χ1n) is 9.84. The molecule has 0 aromatic heterocycles. The van der Waals surface area contributed by atoms with Crippen LogP contribution in [0, 0.1) is 0 Å². The van der Waals surface area contributed by atoms with Gasteiger partial charge in [0.1, 0.15) is 5.75 Å². The molecule has 0 radical (unpaired) electrons. The fourth-order valence-corrected chi connectivity index (χ4v) is 4.85. The molecule has 0 saturated heterocycles. The molecule has 148 valence electrons. The maximum atomic E-state index is 9.62. The Kier molecular flexibility index (Phi) is 9.58. The van der Waals surface area contributed by atoms with Gasteiger partial charge in [-0.1, -0.05) is 38.5 Å². The van der Waals surface area contributed by atoms with E-state index in [1.165, 1.54) is 71.3 Å². The van der Waals surface area contributed by atoms with Gasteiger partial charge in [-0.3, -0.25) is 0 Å². The fourth-order valence-electron chi connectivity index (χ4n) is 3.75. The Morgan fingerprint density at radius 3 is 1.73 bits per heavy atom. The minimum absolute atomic E-state index is 0.630. The van der Waals surface area contributed by atoms with Gasteiger partial charge in [-0.2, -0.15) is 0 Å². The van der Waals surface area contributed by atoms with Crippen LogP contribution in [0.15, 0.2) is 24.3 Å². The van der Waals surface area contributed by atoms with Gasteiger partial charge in [-0.05, 0) is 61.8 Å². The third-order valence-electron chi connectivity index (χ3n) is 5.33. The van der Waals surface area contributed by atoms with Crippen molar-refractivity contribution >= 4 is 23.6 Å². The molecule has 26 heavy (non-hydrogen) atoms. The van der Waals surface area contributed by atoms with Crippen molar-refractivity contribution in [1.82, 2.24) is 5.32 Å². The van der Waals surface area contributed by atoms with E-state index in [1.54, 1.807) is 31.4 Å². The highest BCUT2D eigenvalue weighted by atomic mass is 32.5. The van der Waals surface area contributed by atoms with Crippen molar-refractivity contribution in [2.45, 2.75) is 76.3 Å². The molecule has 0 bridgehead atoms. The highest BCUT2D eigenvalue weighted by Gasteiger charge is 2.19. The van der Waals surface area contributed by atoms with E-state index in [4.69, 9.17) is 21.1 Å². The predicted octanol–water partition coefficient (Wildman–Crippen LogP) is 4.51. The number of rotatable bonds is 5. The number of benzene rings is 1. The summed E-state index contributed by atoms with van der Waals surface area (Å²) in [5.74, 6) is 0.731. The molecule has 2 saturated carbocycles.